The topological polar surface area (TPSA) is 95.9 Å². The average Bonchev–Trinajstić information content (AvgIpc) is 3.22. The number of aliphatic hydroxyl groups is 2. The van der Waals surface area contributed by atoms with Gasteiger partial charge in [-0.2, -0.15) is 0 Å². The van der Waals surface area contributed by atoms with Crippen molar-refractivity contribution in [2.75, 3.05) is 6.61 Å². The SMILES string of the molecule is CCCCCCCCC/C=C\CCCC(CC(=O)NC(CO)C(O)CCCCCCCCCCCCCCC)OC(=O)CCCCCCCCCCCCCCCC. The largest absolute Gasteiger partial charge is 0.462 e. The maximum absolute atomic E-state index is 13.2. The van der Waals surface area contributed by atoms with Gasteiger partial charge in [-0.25, -0.2) is 0 Å². The normalized spacial score (nSPS) is 13.3. The van der Waals surface area contributed by atoms with E-state index in [0.29, 0.717) is 19.3 Å². The molecule has 0 spiro atoms. The van der Waals surface area contributed by atoms with Crippen molar-refractivity contribution in [2.24, 2.45) is 0 Å². The van der Waals surface area contributed by atoms with Gasteiger partial charge < -0.3 is 20.3 Å². The summed E-state index contributed by atoms with van der Waals surface area (Å²) in [7, 11) is 0. The van der Waals surface area contributed by atoms with Crippen LogP contribution < -0.4 is 5.32 Å². The van der Waals surface area contributed by atoms with Crippen molar-refractivity contribution in [1.82, 2.24) is 5.32 Å². The van der Waals surface area contributed by atoms with Gasteiger partial charge in [-0.15, -0.1) is 0 Å². The first-order valence-electron chi connectivity index (χ1n) is 25.9. The summed E-state index contributed by atoms with van der Waals surface area (Å²) in [6.45, 7) is 6.49. The monoisotopic (exact) mass is 820 g/mol. The lowest BCUT2D eigenvalue weighted by Crippen LogP contribution is -2.46. The van der Waals surface area contributed by atoms with E-state index in [0.717, 1.165) is 51.4 Å². The molecule has 0 aromatic heterocycles. The van der Waals surface area contributed by atoms with Crippen molar-refractivity contribution < 1.29 is 24.5 Å². The lowest BCUT2D eigenvalue weighted by atomic mass is 10.0. The molecule has 6 nitrogen and oxygen atoms in total. The molecule has 0 rings (SSSR count). The third-order valence-corrected chi connectivity index (χ3v) is 12.1. The van der Waals surface area contributed by atoms with Crippen molar-refractivity contribution in [2.45, 2.75) is 302 Å². The second-order valence-electron chi connectivity index (χ2n) is 17.9. The molecule has 0 aromatic rings. The lowest BCUT2D eigenvalue weighted by molar-refractivity contribution is -0.151. The Balaban J connectivity index is 4.54. The van der Waals surface area contributed by atoms with Crippen LogP contribution in [0.25, 0.3) is 0 Å². The van der Waals surface area contributed by atoms with Crippen LogP contribution in [0.4, 0.5) is 0 Å². The number of carbonyl (C=O) groups is 2. The second kappa shape index (κ2) is 46.7. The molecule has 0 aromatic carbocycles. The first-order chi connectivity index (χ1) is 28.5. The van der Waals surface area contributed by atoms with Crippen molar-refractivity contribution in [3.8, 4) is 0 Å². The van der Waals surface area contributed by atoms with Gasteiger partial charge in [0.25, 0.3) is 0 Å². The van der Waals surface area contributed by atoms with Crippen LogP contribution >= 0.6 is 0 Å². The highest BCUT2D eigenvalue weighted by Crippen LogP contribution is 2.18. The molecule has 0 fully saturated rings. The first kappa shape index (κ1) is 56.6. The number of amides is 1. The van der Waals surface area contributed by atoms with Crippen LogP contribution in [0.15, 0.2) is 12.2 Å². The molecule has 0 aliphatic carbocycles. The van der Waals surface area contributed by atoms with Gasteiger partial charge in [-0.05, 0) is 44.9 Å². The number of hydrogen-bond acceptors (Lipinski definition) is 5. The van der Waals surface area contributed by atoms with Gasteiger partial charge in [-0.3, -0.25) is 9.59 Å². The van der Waals surface area contributed by atoms with Gasteiger partial charge in [0.1, 0.15) is 6.10 Å². The van der Waals surface area contributed by atoms with E-state index in [4.69, 9.17) is 4.74 Å². The minimum absolute atomic E-state index is 0.0637. The summed E-state index contributed by atoms with van der Waals surface area (Å²) >= 11 is 0. The van der Waals surface area contributed by atoms with Gasteiger partial charge in [0.15, 0.2) is 0 Å². The maximum atomic E-state index is 13.2. The van der Waals surface area contributed by atoms with Crippen LogP contribution in [-0.4, -0.2) is 46.9 Å². The van der Waals surface area contributed by atoms with Crippen LogP contribution in [0.2, 0.25) is 0 Å². The second-order valence-corrected chi connectivity index (χ2v) is 17.9. The Hall–Kier alpha value is -1.40. The molecule has 3 atom stereocenters. The first-order valence-corrected chi connectivity index (χ1v) is 25.9. The molecule has 3 N–H and O–H groups in total. The predicted octanol–water partition coefficient (Wildman–Crippen LogP) is 15.3. The Morgan fingerprint density at radius 2 is 0.845 bits per heavy atom. The molecule has 0 radical (unpaired) electrons. The molecule has 3 unspecified atom stereocenters. The van der Waals surface area contributed by atoms with Gasteiger partial charge in [0, 0.05) is 6.42 Å². The number of esters is 1. The Kier molecular flexibility index (Phi) is 45.5. The zero-order valence-corrected chi connectivity index (χ0v) is 39.2. The summed E-state index contributed by atoms with van der Waals surface area (Å²) in [4.78, 5) is 26.1. The van der Waals surface area contributed by atoms with Crippen LogP contribution in [0.1, 0.15) is 284 Å². The molecule has 1 amide bonds. The lowest BCUT2D eigenvalue weighted by Gasteiger charge is -2.24. The van der Waals surface area contributed by atoms with Gasteiger partial charge >= 0.3 is 5.97 Å². The van der Waals surface area contributed by atoms with E-state index in [9.17, 15) is 19.8 Å². The summed E-state index contributed by atoms with van der Waals surface area (Å²) in [6.07, 6.45) is 51.3. The Labute approximate surface area is 361 Å². The standard InChI is InChI=1S/C52H101NO5/c1-4-7-10-13-16-19-22-25-27-30-33-36-39-42-45-52(57)58-48(43-40-37-34-31-28-24-21-18-15-12-9-6-3)46-51(56)53-49(47-54)50(55)44-41-38-35-32-29-26-23-20-17-14-11-8-5-2/h31,34,48-50,54-55H,4-30,32-33,35-47H2,1-3H3,(H,53,56)/b34-31-. The van der Waals surface area contributed by atoms with Crippen LogP contribution in [0, 0.1) is 0 Å². The Bertz CT molecular complexity index is 878. The van der Waals surface area contributed by atoms with Gasteiger partial charge in [0.05, 0.1) is 25.2 Å². The van der Waals surface area contributed by atoms with E-state index in [1.54, 1.807) is 0 Å². The average molecular weight is 820 g/mol. The highest BCUT2D eigenvalue weighted by molar-refractivity contribution is 5.77. The van der Waals surface area contributed by atoms with E-state index >= 15 is 0 Å². The number of unbranched alkanes of at least 4 members (excludes halogenated alkanes) is 33. The van der Waals surface area contributed by atoms with Crippen molar-refractivity contribution in [3.63, 3.8) is 0 Å². The minimum Gasteiger partial charge on any atom is -0.462 e. The summed E-state index contributed by atoms with van der Waals surface area (Å²) < 4.78 is 5.91. The molecule has 0 saturated carbocycles. The third kappa shape index (κ3) is 41.3. The molecule has 0 aliphatic heterocycles. The van der Waals surface area contributed by atoms with E-state index in [1.165, 1.54) is 186 Å². The summed E-state index contributed by atoms with van der Waals surface area (Å²) in [5, 5.41) is 23.7. The quantitative estimate of drug-likeness (QED) is 0.0323. The molecule has 344 valence electrons. The van der Waals surface area contributed by atoms with E-state index in [1.807, 2.05) is 0 Å². The summed E-state index contributed by atoms with van der Waals surface area (Å²) in [6, 6.07) is -0.702. The van der Waals surface area contributed by atoms with E-state index < -0.39 is 18.2 Å². The van der Waals surface area contributed by atoms with E-state index in [-0.39, 0.29) is 24.9 Å². The molecule has 0 aliphatic rings. The number of aliphatic hydroxyl groups excluding tert-OH is 2. The summed E-state index contributed by atoms with van der Waals surface area (Å²) in [5.41, 5.74) is 0. The number of carbonyl (C=O) groups excluding carboxylic acids is 2. The summed E-state index contributed by atoms with van der Waals surface area (Å²) in [5.74, 6) is -0.486. The molecular formula is C52H101NO5. The van der Waals surface area contributed by atoms with Crippen LogP contribution in [0.3, 0.4) is 0 Å². The van der Waals surface area contributed by atoms with Crippen LogP contribution in [-0.2, 0) is 14.3 Å². The van der Waals surface area contributed by atoms with Crippen molar-refractivity contribution in [1.29, 1.82) is 0 Å². The minimum atomic E-state index is -0.788. The number of nitrogens with one attached hydrogen (secondary N) is 1. The number of hydrogen-bond donors (Lipinski definition) is 3. The number of allylic oxidation sites excluding steroid dienone is 2. The van der Waals surface area contributed by atoms with E-state index in [2.05, 4.69) is 38.2 Å². The smallest absolute Gasteiger partial charge is 0.306 e. The van der Waals surface area contributed by atoms with Crippen LogP contribution in [0.5, 0.6) is 0 Å². The van der Waals surface area contributed by atoms with Gasteiger partial charge in [0.2, 0.25) is 5.91 Å². The molecular weight excluding hydrogens is 719 g/mol. The molecule has 0 bridgehead atoms. The fourth-order valence-corrected chi connectivity index (χ4v) is 8.14. The zero-order chi connectivity index (χ0) is 42.4. The Morgan fingerprint density at radius 1 is 0.483 bits per heavy atom. The fourth-order valence-electron chi connectivity index (χ4n) is 8.14. The fraction of sp³-hybridized carbons (Fsp3) is 0.923. The Morgan fingerprint density at radius 3 is 1.26 bits per heavy atom. The highest BCUT2D eigenvalue weighted by atomic mass is 16.5. The van der Waals surface area contributed by atoms with Crippen molar-refractivity contribution >= 4 is 11.9 Å². The number of ether oxygens (including phenoxy) is 1. The predicted molar refractivity (Wildman–Crippen MR) is 250 cm³/mol. The maximum Gasteiger partial charge on any atom is 0.306 e. The van der Waals surface area contributed by atoms with Gasteiger partial charge in [-0.1, -0.05) is 238 Å². The molecule has 0 heterocycles. The van der Waals surface area contributed by atoms with Crippen molar-refractivity contribution in [3.05, 3.63) is 12.2 Å². The highest BCUT2D eigenvalue weighted by Gasteiger charge is 2.24. The molecule has 6 heteroatoms. The molecule has 58 heavy (non-hydrogen) atoms. The molecule has 0 saturated heterocycles. The number of rotatable bonds is 47. The third-order valence-electron chi connectivity index (χ3n) is 12.1. The zero-order valence-electron chi connectivity index (χ0n) is 39.2.